The molecule has 31 heavy (non-hydrogen) atoms. The third-order valence-corrected chi connectivity index (χ3v) is 5.26. The maximum atomic E-state index is 12.0. The van der Waals surface area contributed by atoms with Crippen LogP contribution >= 0.6 is 0 Å². The second-order valence-corrected chi connectivity index (χ2v) is 7.63. The van der Waals surface area contributed by atoms with E-state index in [4.69, 9.17) is 9.90 Å². The summed E-state index contributed by atoms with van der Waals surface area (Å²) in [4.78, 5) is 27.7. The highest BCUT2D eigenvalue weighted by molar-refractivity contribution is 5.94. The number of carbonyl (C=O) groups is 2. The molecule has 1 aromatic heterocycles. The van der Waals surface area contributed by atoms with Crippen molar-refractivity contribution >= 4 is 17.7 Å². The molecule has 2 heterocycles. The Morgan fingerprint density at radius 2 is 1.61 bits per heavy atom. The zero-order valence-corrected chi connectivity index (χ0v) is 16.8. The van der Waals surface area contributed by atoms with E-state index < -0.39 is 12.1 Å². The standard InChI is InChI=1S/C20H23N3O.C2HF3O2/c24-20(22-18-7-8-18)17-6-9-19(21-14-17)23-12-10-16(11-13-23)15-4-2-1-3-5-15;3-2(4,5)1(6)7/h1-6,9,14,16,18H,7-8,10-13H2,(H,22,24);(H,6,7). The average Bonchev–Trinajstić information content (AvgIpc) is 3.58. The number of hydrogen-bond donors (Lipinski definition) is 2. The van der Waals surface area contributed by atoms with Gasteiger partial charge in [-0.05, 0) is 49.3 Å². The molecule has 1 saturated heterocycles. The van der Waals surface area contributed by atoms with Gasteiger partial charge in [-0.25, -0.2) is 9.78 Å². The van der Waals surface area contributed by atoms with Crippen LogP contribution in [0.15, 0.2) is 48.7 Å². The molecule has 6 nitrogen and oxygen atoms in total. The summed E-state index contributed by atoms with van der Waals surface area (Å²) in [6.45, 7) is 2.03. The van der Waals surface area contributed by atoms with Crippen molar-refractivity contribution in [3.8, 4) is 0 Å². The molecule has 2 aliphatic rings. The van der Waals surface area contributed by atoms with Crippen molar-refractivity contribution in [2.75, 3.05) is 18.0 Å². The topological polar surface area (TPSA) is 82.5 Å². The van der Waals surface area contributed by atoms with E-state index in [0.717, 1.165) is 44.6 Å². The number of benzene rings is 1. The molecule has 0 radical (unpaired) electrons. The van der Waals surface area contributed by atoms with Gasteiger partial charge in [0.1, 0.15) is 5.82 Å². The highest BCUT2D eigenvalue weighted by Crippen LogP contribution is 2.29. The van der Waals surface area contributed by atoms with Crippen LogP contribution < -0.4 is 10.2 Å². The van der Waals surface area contributed by atoms with Crippen molar-refractivity contribution in [3.05, 3.63) is 59.8 Å². The minimum absolute atomic E-state index is 0.000615. The van der Waals surface area contributed by atoms with Crippen LogP contribution in [0, 0.1) is 0 Å². The normalized spacial score (nSPS) is 16.8. The van der Waals surface area contributed by atoms with Gasteiger partial charge in [0.25, 0.3) is 5.91 Å². The highest BCUT2D eigenvalue weighted by atomic mass is 19.4. The summed E-state index contributed by atoms with van der Waals surface area (Å²) in [6, 6.07) is 15.0. The average molecular weight is 435 g/mol. The zero-order chi connectivity index (χ0) is 22.4. The van der Waals surface area contributed by atoms with Crippen LogP contribution in [-0.4, -0.2) is 47.3 Å². The Balaban J connectivity index is 0.000000339. The van der Waals surface area contributed by atoms with Crippen molar-refractivity contribution < 1.29 is 27.9 Å². The third kappa shape index (κ3) is 6.70. The molecule has 166 valence electrons. The fraction of sp³-hybridized carbons (Fsp3) is 0.409. The lowest BCUT2D eigenvalue weighted by atomic mass is 9.89. The third-order valence-electron chi connectivity index (χ3n) is 5.26. The Hall–Kier alpha value is -3.10. The van der Waals surface area contributed by atoms with Crippen LogP contribution in [0.2, 0.25) is 0 Å². The van der Waals surface area contributed by atoms with E-state index in [9.17, 15) is 18.0 Å². The predicted molar refractivity (Wildman–Crippen MR) is 109 cm³/mol. The molecule has 2 fully saturated rings. The quantitative estimate of drug-likeness (QED) is 0.759. The van der Waals surface area contributed by atoms with E-state index in [1.165, 1.54) is 5.56 Å². The van der Waals surface area contributed by atoms with Gasteiger partial charge in [0.2, 0.25) is 0 Å². The van der Waals surface area contributed by atoms with Crippen molar-refractivity contribution in [1.82, 2.24) is 10.3 Å². The predicted octanol–water partition coefficient (Wildman–Crippen LogP) is 3.99. The molecule has 9 heteroatoms. The Morgan fingerprint density at radius 3 is 2.10 bits per heavy atom. The lowest BCUT2D eigenvalue weighted by Gasteiger charge is -2.33. The molecule has 1 aromatic carbocycles. The molecule has 0 atom stereocenters. The lowest BCUT2D eigenvalue weighted by molar-refractivity contribution is -0.192. The van der Waals surface area contributed by atoms with Crippen LogP contribution in [0.3, 0.4) is 0 Å². The summed E-state index contributed by atoms with van der Waals surface area (Å²) in [5.41, 5.74) is 2.10. The van der Waals surface area contributed by atoms with Gasteiger partial charge in [0, 0.05) is 25.3 Å². The summed E-state index contributed by atoms with van der Waals surface area (Å²) < 4.78 is 31.7. The first-order valence-electron chi connectivity index (χ1n) is 10.1. The molecule has 0 spiro atoms. The second kappa shape index (κ2) is 9.80. The van der Waals surface area contributed by atoms with Crippen molar-refractivity contribution in [3.63, 3.8) is 0 Å². The molecule has 2 aromatic rings. The lowest BCUT2D eigenvalue weighted by Crippen LogP contribution is -2.33. The fourth-order valence-corrected chi connectivity index (χ4v) is 3.37. The van der Waals surface area contributed by atoms with Gasteiger partial charge in [-0.1, -0.05) is 30.3 Å². The number of halogens is 3. The van der Waals surface area contributed by atoms with Crippen LogP contribution in [0.1, 0.15) is 47.5 Å². The number of anilines is 1. The molecular formula is C22H24F3N3O3. The maximum Gasteiger partial charge on any atom is 0.490 e. The van der Waals surface area contributed by atoms with Crippen molar-refractivity contribution in [2.24, 2.45) is 0 Å². The van der Waals surface area contributed by atoms with E-state index in [-0.39, 0.29) is 5.91 Å². The number of rotatable bonds is 4. The van der Waals surface area contributed by atoms with Crippen molar-refractivity contribution in [1.29, 1.82) is 0 Å². The largest absolute Gasteiger partial charge is 0.490 e. The van der Waals surface area contributed by atoms with Gasteiger partial charge < -0.3 is 15.3 Å². The number of carboxylic acids is 1. The van der Waals surface area contributed by atoms with Crippen LogP contribution in [-0.2, 0) is 4.79 Å². The van der Waals surface area contributed by atoms with Gasteiger partial charge >= 0.3 is 12.1 Å². The number of amides is 1. The van der Waals surface area contributed by atoms with Crippen molar-refractivity contribution in [2.45, 2.75) is 43.8 Å². The maximum absolute atomic E-state index is 12.0. The summed E-state index contributed by atoms with van der Waals surface area (Å²) >= 11 is 0. The van der Waals surface area contributed by atoms with E-state index in [1.807, 2.05) is 12.1 Å². The number of aliphatic carboxylic acids is 1. The number of carboxylic acid groups (broad SMARTS) is 1. The monoisotopic (exact) mass is 435 g/mol. The molecule has 0 bridgehead atoms. The summed E-state index contributed by atoms with van der Waals surface area (Å²) in [7, 11) is 0. The summed E-state index contributed by atoms with van der Waals surface area (Å²) in [5.74, 6) is -1.14. The number of hydrogen-bond acceptors (Lipinski definition) is 4. The van der Waals surface area contributed by atoms with E-state index >= 15 is 0 Å². The first kappa shape index (κ1) is 22.6. The Labute approximate surface area is 178 Å². The molecular weight excluding hydrogens is 411 g/mol. The molecule has 0 unspecified atom stereocenters. The Morgan fingerprint density at radius 1 is 1.00 bits per heavy atom. The van der Waals surface area contributed by atoms with Gasteiger partial charge in [-0.15, -0.1) is 0 Å². The molecule has 1 amide bonds. The molecule has 2 N–H and O–H groups in total. The van der Waals surface area contributed by atoms with Gasteiger partial charge in [-0.2, -0.15) is 13.2 Å². The number of carbonyl (C=O) groups excluding carboxylic acids is 1. The highest BCUT2D eigenvalue weighted by Gasteiger charge is 2.38. The first-order chi connectivity index (χ1) is 14.7. The van der Waals surface area contributed by atoms with E-state index in [2.05, 4.69) is 45.5 Å². The molecule has 1 aliphatic heterocycles. The van der Waals surface area contributed by atoms with Crippen LogP contribution in [0.4, 0.5) is 19.0 Å². The van der Waals surface area contributed by atoms with E-state index in [1.54, 1.807) is 6.20 Å². The smallest absolute Gasteiger partial charge is 0.475 e. The molecule has 1 saturated carbocycles. The number of piperidine rings is 1. The van der Waals surface area contributed by atoms with Crippen LogP contribution in [0.5, 0.6) is 0 Å². The summed E-state index contributed by atoms with van der Waals surface area (Å²) in [6.07, 6.45) is 1.13. The number of aromatic nitrogens is 1. The zero-order valence-electron chi connectivity index (χ0n) is 16.8. The fourth-order valence-electron chi connectivity index (χ4n) is 3.37. The SMILES string of the molecule is O=C(NC1CC1)c1ccc(N2CCC(c3ccccc3)CC2)nc1.O=C(O)C(F)(F)F. The van der Waals surface area contributed by atoms with Gasteiger partial charge in [-0.3, -0.25) is 4.79 Å². The van der Waals surface area contributed by atoms with Gasteiger partial charge in [0.05, 0.1) is 5.56 Å². The minimum Gasteiger partial charge on any atom is -0.475 e. The van der Waals surface area contributed by atoms with Crippen LogP contribution in [0.25, 0.3) is 0 Å². The second-order valence-electron chi connectivity index (χ2n) is 7.63. The Kier molecular flexibility index (Phi) is 7.14. The number of alkyl halides is 3. The minimum atomic E-state index is -5.08. The van der Waals surface area contributed by atoms with E-state index in [0.29, 0.717) is 17.5 Å². The molecule has 1 aliphatic carbocycles. The first-order valence-corrected chi connectivity index (χ1v) is 10.1. The Bertz CT molecular complexity index is 876. The summed E-state index contributed by atoms with van der Waals surface area (Å²) in [5, 5.41) is 10.1. The number of nitrogens with one attached hydrogen (secondary N) is 1. The van der Waals surface area contributed by atoms with Gasteiger partial charge in [0.15, 0.2) is 0 Å². The number of nitrogens with zero attached hydrogens (tertiary/aromatic N) is 2. The molecule has 4 rings (SSSR count). The number of pyridine rings is 1.